The summed E-state index contributed by atoms with van der Waals surface area (Å²) in [6.07, 6.45) is 1.35. The Morgan fingerprint density at radius 3 is 2.64 bits per heavy atom. The van der Waals surface area contributed by atoms with Gasteiger partial charge in [-0.05, 0) is 19.8 Å². The molecule has 0 aromatic rings. The molecular weight excluding hydrogens is 184 g/mol. The molecule has 1 heterocycles. The van der Waals surface area contributed by atoms with Gasteiger partial charge in [0.2, 0.25) is 5.91 Å². The molecule has 0 bridgehead atoms. The lowest BCUT2D eigenvalue weighted by atomic mass is 10.4. The zero-order valence-electron chi connectivity index (χ0n) is 8.14. The second-order valence-corrected chi connectivity index (χ2v) is 4.00. The molecule has 2 fully saturated rings. The molecule has 2 rings (SSSR count). The molecule has 1 unspecified atom stereocenters. The lowest BCUT2D eigenvalue weighted by Gasteiger charge is -2.17. The molecule has 0 aromatic carbocycles. The maximum absolute atomic E-state index is 11.7. The van der Waals surface area contributed by atoms with Crippen LogP contribution in [0, 0.1) is 0 Å². The fraction of sp³-hybridized carbons (Fsp3) is 0.778. The van der Waals surface area contributed by atoms with Crippen molar-refractivity contribution >= 4 is 11.9 Å². The summed E-state index contributed by atoms with van der Waals surface area (Å²) in [4.78, 5) is 25.8. The van der Waals surface area contributed by atoms with E-state index >= 15 is 0 Å². The van der Waals surface area contributed by atoms with Gasteiger partial charge in [0.15, 0.2) is 0 Å². The molecule has 5 nitrogen and oxygen atoms in total. The maximum atomic E-state index is 11.7. The average molecular weight is 198 g/mol. The van der Waals surface area contributed by atoms with Gasteiger partial charge in [-0.15, -0.1) is 0 Å². The summed E-state index contributed by atoms with van der Waals surface area (Å²) < 4.78 is 0. The van der Waals surface area contributed by atoms with Gasteiger partial charge in [-0.2, -0.15) is 0 Å². The van der Waals surface area contributed by atoms with Crippen LogP contribution < -0.4 is 0 Å². The Morgan fingerprint density at radius 2 is 2.14 bits per heavy atom. The van der Waals surface area contributed by atoms with Crippen LogP contribution in [0.2, 0.25) is 0 Å². The molecule has 0 radical (unpaired) electrons. The third-order valence-electron chi connectivity index (χ3n) is 2.52. The number of β-amino-alcohol motifs (C(OH)–C–C–N with tert-alkyl or cyclic N) is 1. The quantitative estimate of drug-likeness (QED) is 0.638. The highest BCUT2D eigenvalue weighted by molar-refractivity contribution is 6.02. The Balaban J connectivity index is 2.03. The Hall–Kier alpha value is -1.10. The van der Waals surface area contributed by atoms with Crippen molar-refractivity contribution in [3.05, 3.63) is 0 Å². The van der Waals surface area contributed by atoms with Crippen molar-refractivity contribution in [2.45, 2.75) is 31.9 Å². The number of carbonyl (C=O) groups excluding carboxylic acids is 2. The van der Waals surface area contributed by atoms with Crippen molar-refractivity contribution in [3.8, 4) is 0 Å². The van der Waals surface area contributed by atoms with Crippen molar-refractivity contribution in [1.82, 2.24) is 9.80 Å². The normalized spacial score (nSPS) is 24.7. The molecule has 2 aliphatic rings. The Morgan fingerprint density at radius 1 is 1.50 bits per heavy atom. The van der Waals surface area contributed by atoms with Crippen LogP contribution in [0.3, 0.4) is 0 Å². The van der Waals surface area contributed by atoms with E-state index in [0.29, 0.717) is 0 Å². The van der Waals surface area contributed by atoms with Gasteiger partial charge in [-0.25, -0.2) is 4.79 Å². The van der Waals surface area contributed by atoms with Gasteiger partial charge in [0.1, 0.15) is 6.54 Å². The number of aliphatic hydroxyl groups is 1. The fourth-order valence-corrected chi connectivity index (χ4v) is 1.68. The standard InChI is InChI=1S/C9H14N2O3/c1-6(12)4-11-8(13)5-10(9(11)14)7-2-3-7/h6-7,12H,2-5H2,1H3. The summed E-state index contributed by atoms with van der Waals surface area (Å²) in [6.45, 7) is 1.87. The third-order valence-corrected chi connectivity index (χ3v) is 2.52. The van der Waals surface area contributed by atoms with E-state index in [9.17, 15) is 9.59 Å². The smallest absolute Gasteiger partial charge is 0.327 e. The van der Waals surface area contributed by atoms with E-state index in [1.54, 1.807) is 11.8 Å². The number of nitrogens with zero attached hydrogens (tertiary/aromatic N) is 2. The number of carbonyl (C=O) groups is 2. The molecule has 0 spiro atoms. The third kappa shape index (κ3) is 1.59. The molecule has 1 aliphatic heterocycles. The van der Waals surface area contributed by atoms with E-state index in [1.807, 2.05) is 0 Å². The zero-order valence-corrected chi connectivity index (χ0v) is 8.14. The highest BCUT2D eigenvalue weighted by atomic mass is 16.3. The first kappa shape index (κ1) is 9.45. The largest absolute Gasteiger partial charge is 0.392 e. The lowest BCUT2D eigenvalue weighted by molar-refractivity contribution is -0.126. The van der Waals surface area contributed by atoms with Gasteiger partial charge in [0, 0.05) is 6.04 Å². The molecular formula is C9H14N2O3. The van der Waals surface area contributed by atoms with Crippen LogP contribution in [0.5, 0.6) is 0 Å². The predicted octanol–water partition coefficient (Wildman–Crippen LogP) is -0.206. The summed E-state index contributed by atoms with van der Waals surface area (Å²) in [5.74, 6) is -0.192. The molecule has 0 aromatic heterocycles. The van der Waals surface area contributed by atoms with E-state index in [4.69, 9.17) is 5.11 Å². The fourth-order valence-electron chi connectivity index (χ4n) is 1.68. The summed E-state index contributed by atoms with van der Waals surface area (Å²) in [6, 6.07) is 0.0313. The summed E-state index contributed by atoms with van der Waals surface area (Å²) in [7, 11) is 0. The molecule has 1 aliphatic carbocycles. The average Bonchev–Trinajstić information content (AvgIpc) is 2.88. The molecule has 1 N–H and O–H groups in total. The number of imide groups is 1. The molecule has 14 heavy (non-hydrogen) atoms. The minimum atomic E-state index is -0.651. The molecule has 3 amide bonds. The van der Waals surface area contributed by atoms with E-state index in [2.05, 4.69) is 0 Å². The topological polar surface area (TPSA) is 60.9 Å². The first-order valence-corrected chi connectivity index (χ1v) is 4.88. The minimum Gasteiger partial charge on any atom is -0.392 e. The van der Waals surface area contributed by atoms with Crippen LogP contribution in [0.25, 0.3) is 0 Å². The molecule has 1 saturated heterocycles. The van der Waals surface area contributed by atoms with Crippen molar-refractivity contribution in [3.63, 3.8) is 0 Å². The monoisotopic (exact) mass is 198 g/mol. The lowest BCUT2D eigenvalue weighted by Crippen LogP contribution is -2.38. The zero-order chi connectivity index (χ0) is 10.3. The molecule has 5 heteroatoms. The van der Waals surface area contributed by atoms with Crippen LogP contribution in [-0.2, 0) is 4.79 Å². The van der Waals surface area contributed by atoms with Crippen molar-refractivity contribution < 1.29 is 14.7 Å². The second-order valence-electron chi connectivity index (χ2n) is 4.00. The van der Waals surface area contributed by atoms with E-state index in [0.717, 1.165) is 17.7 Å². The molecule has 78 valence electrons. The Bertz CT molecular complexity index is 273. The highest BCUT2D eigenvalue weighted by Gasteiger charge is 2.43. The van der Waals surface area contributed by atoms with Crippen LogP contribution in [0.15, 0.2) is 0 Å². The van der Waals surface area contributed by atoms with E-state index in [-0.39, 0.29) is 31.1 Å². The van der Waals surface area contributed by atoms with E-state index in [1.165, 1.54) is 0 Å². The van der Waals surface area contributed by atoms with Gasteiger partial charge >= 0.3 is 6.03 Å². The first-order chi connectivity index (χ1) is 6.59. The van der Waals surface area contributed by atoms with Crippen molar-refractivity contribution in [2.24, 2.45) is 0 Å². The maximum Gasteiger partial charge on any atom is 0.327 e. The number of rotatable bonds is 3. The van der Waals surface area contributed by atoms with Crippen LogP contribution >= 0.6 is 0 Å². The SMILES string of the molecule is CC(O)CN1C(=O)CN(C2CC2)C1=O. The van der Waals surface area contributed by atoms with Gasteiger partial charge in [0.25, 0.3) is 0 Å². The summed E-state index contributed by atoms with van der Waals surface area (Å²) in [5, 5.41) is 9.12. The number of aliphatic hydroxyl groups excluding tert-OH is 1. The number of hydrogen-bond donors (Lipinski definition) is 1. The van der Waals surface area contributed by atoms with Crippen LogP contribution in [0.4, 0.5) is 4.79 Å². The van der Waals surface area contributed by atoms with Gasteiger partial charge in [-0.1, -0.05) is 0 Å². The summed E-state index contributed by atoms with van der Waals surface area (Å²) >= 11 is 0. The number of urea groups is 1. The van der Waals surface area contributed by atoms with E-state index < -0.39 is 6.10 Å². The van der Waals surface area contributed by atoms with Crippen molar-refractivity contribution in [1.29, 1.82) is 0 Å². The first-order valence-electron chi connectivity index (χ1n) is 4.88. The molecule has 1 atom stereocenters. The Kier molecular flexibility index (Phi) is 2.19. The second kappa shape index (κ2) is 3.24. The summed E-state index contributed by atoms with van der Waals surface area (Å²) in [5.41, 5.74) is 0. The van der Waals surface area contributed by atoms with Gasteiger partial charge in [0.05, 0.1) is 12.6 Å². The van der Waals surface area contributed by atoms with Crippen LogP contribution in [0.1, 0.15) is 19.8 Å². The Labute approximate surface area is 82.3 Å². The number of hydrogen-bond acceptors (Lipinski definition) is 3. The van der Waals surface area contributed by atoms with Crippen LogP contribution in [-0.4, -0.2) is 52.1 Å². The van der Waals surface area contributed by atoms with Gasteiger partial charge in [-0.3, -0.25) is 9.69 Å². The number of amides is 3. The highest BCUT2D eigenvalue weighted by Crippen LogP contribution is 2.30. The molecule has 1 saturated carbocycles. The van der Waals surface area contributed by atoms with Gasteiger partial charge < -0.3 is 10.0 Å². The predicted molar refractivity (Wildman–Crippen MR) is 48.5 cm³/mol. The van der Waals surface area contributed by atoms with Crippen molar-refractivity contribution in [2.75, 3.05) is 13.1 Å². The minimum absolute atomic E-state index is 0.112.